The van der Waals surface area contributed by atoms with Crippen molar-refractivity contribution in [2.24, 2.45) is 0 Å². The van der Waals surface area contributed by atoms with Crippen LogP contribution < -0.4 is 0 Å². The quantitative estimate of drug-likeness (QED) is 0.160. The largest absolute Gasteiger partial charge is 0.0616 e. The first-order chi connectivity index (χ1) is 14.9. The molecule has 30 heavy (non-hydrogen) atoms. The van der Waals surface area contributed by atoms with Crippen LogP contribution in [-0.4, -0.2) is 0 Å². The van der Waals surface area contributed by atoms with Gasteiger partial charge in [0.25, 0.3) is 0 Å². The molecule has 6 rings (SSSR count). The van der Waals surface area contributed by atoms with E-state index in [0.717, 1.165) is 0 Å². The minimum atomic E-state index is 1.25. The van der Waals surface area contributed by atoms with Gasteiger partial charge in [-0.3, -0.25) is 0 Å². The minimum absolute atomic E-state index is 1.25. The number of benzene rings is 6. The van der Waals surface area contributed by atoms with E-state index in [0.29, 0.717) is 0 Å². The van der Waals surface area contributed by atoms with Crippen LogP contribution in [0.25, 0.3) is 55.2 Å². The molecule has 0 amide bonds. The molecule has 0 aliphatic rings. The number of hydrogen-bond acceptors (Lipinski definition) is 0. The van der Waals surface area contributed by atoms with E-state index in [1.54, 1.807) is 0 Å². The van der Waals surface area contributed by atoms with Crippen molar-refractivity contribution in [3.63, 3.8) is 0 Å². The van der Waals surface area contributed by atoms with E-state index in [4.69, 9.17) is 0 Å². The number of rotatable bonds is 2. The molecule has 0 heterocycles. The standard InChI is InChI=1S/C30H20/c1-4-12-25-23(11-1)20-24(28-15-7-8-16-29(25)28)17-18-30-26-13-5-2-9-21(26)19-22-10-3-6-14-27(22)30/h1-20H/b18-17+. The van der Waals surface area contributed by atoms with Crippen molar-refractivity contribution in [1.82, 2.24) is 0 Å². The molecular formula is C30H20. The highest BCUT2D eigenvalue weighted by molar-refractivity contribution is 6.13. The Morgan fingerprint density at radius 1 is 0.367 bits per heavy atom. The molecule has 0 unspecified atom stereocenters. The molecule has 0 fully saturated rings. The molecule has 0 bridgehead atoms. The first-order valence-corrected chi connectivity index (χ1v) is 10.4. The number of hydrogen-bond donors (Lipinski definition) is 0. The summed E-state index contributed by atoms with van der Waals surface area (Å²) in [4.78, 5) is 0. The van der Waals surface area contributed by atoms with Crippen molar-refractivity contribution in [1.29, 1.82) is 0 Å². The van der Waals surface area contributed by atoms with Crippen LogP contribution in [0, 0.1) is 0 Å². The van der Waals surface area contributed by atoms with Crippen molar-refractivity contribution in [3.8, 4) is 0 Å². The molecule has 6 aromatic rings. The Morgan fingerprint density at radius 3 is 1.47 bits per heavy atom. The molecule has 0 saturated heterocycles. The average Bonchev–Trinajstić information content (AvgIpc) is 2.81. The molecule has 0 atom stereocenters. The van der Waals surface area contributed by atoms with E-state index in [2.05, 4.69) is 121 Å². The Bertz CT molecular complexity index is 1530. The van der Waals surface area contributed by atoms with E-state index >= 15 is 0 Å². The Morgan fingerprint density at radius 2 is 0.833 bits per heavy atom. The topological polar surface area (TPSA) is 0 Å². The molecule has 0 radical (unpaired) electrons. The second kappa shape index (κ2) is 6.86. The van der Waals surface area contributed by atoms with Gasteiger partial charge in [0.15, 0.2) is 0 Å². The maximum Gasteiger partial charge on any atom is -0.00992 e. The highest BCUT2D eigenvalue weighted by Gasteiger charge is 2.07. The predicted molar refractivity (Wildman–Crippen MR) is 132 cm³/mol. The summed E-state index contributed by atoms with van der Waals surface area (Å²) in [5.74, 6) is 0. The van der Waals surface area contributed by atoms with Gasteiger partial charge in [0, 0.05) is 0 Å². The smallest absolute Gasteiger partial charge is 0.00992 e. The van der Waals surface area contributed by atoms with Crippen LogP contribution in [0.1, 0.15) is 11.1 Å². The van der Waals surface area contributed by atoms with E-state index in [9.17, 15) is 0 Å². The lowest BCUT2D eigenvalue weighted by Gasteiger charge is -2.10. The highest BCUT2D eigenvalue weighted by Crippen LogP contribution is 2.33. The molecule has 0 aliphatic heterocycles. The summed E-state index contributed by atoms with van der Waals surface area (Å²) in [6, 6.07) is 39.3. The summed E-state index contributed by atoms with van der Waals surface area (Å²) in [5, 5.41) is 10.3. The fraction of sp³-hybridized carbons (Fsp3) is 0. The van der Waals surface area contributed by atoms with Gasteiger partial charge in [-0.05, 0) is 66.3 Å². The zero-order chi connectivity index (χ0) is 19.9. The van der Waals surface area contributed by atoms with Crippen molar-refractivity contribution in [2.45, 2.75) is 0 Å². The molecular weight excluding hydrogens is 360 g/mol. The molecule has 6 aromatic carbocycles. The molecule has 0 heteroatoms. The average molecular weight is 380 g/mol. The minimum Gasteiger partial charge on any atom is -0.0616 e. The fourth-order valence-corrected chi connectivity index (χ4v) is 4.62. The van der Waals surface area contributed by atoms with E-state index in [1.165, 1.54) is 54.2 Å². The van der Waals surface area contributed by atoms with Crippen LogP contribution >= 0.6 is 0 Å². The van der Waals surface area contributed by atoms with Crippen LogP contribution in [0.2, 0.25) is 0 Å². The summed E-state index contributed by atoms with van der Waals surface area (Å²) in [7, 11) is 0. The van der Waals surface area contributed by atoms with Crippen LogP contribution in [0.15, 0.2) is 109 Å². The van der Waals surface area contributed by atoms with Crippen LogP contribution in [0.3, 0.4) is 0 Å². The molecule has 0 N–H and O–H groups in total. The van der Waals surface area contributed by atoms with E-state index < -0.39 is 0 Å². The lowest BCUT2D eigenvalue weighted by molar-refractivity contribution is 1.73. The lowest BCUT2D eigenvalue weighted by atomic mass is 9.94. The third-order valence-corrected chi connectivity index (χ3v) is 6.04. The fourth-order valence-electron chi connectivity index (χ4n) is 4.62. The SMILES string of the molecule is C(=C\c1cc2ccccc2c2ccccc12)/c1c2ccccc2cc2ccccc12. The predicted octanol–water partition coefficient (Wildman–Crippen LogP) is 8.47. The summed E-state index contributed by atoms with van der Waals surface area (Å²) in [6.07, 6.45) is 4.57. The van der Waals surface area contributed by atoms with Gasteiger partial charge in [-0.15, -0.1) is 0 Å². The maximum atomic E-state index is 2.31. The summed E-state index contributed by atoms with van der Waals surface area (Å²) >= 11 is 0. The monoisotopic (exact) mass is 380 g/mol. The molecule has 140 valence electrons. The Balaban J connectivity index is 1.64. The van der Waals surface area contributed by atoms with E-state index in [1.807, 2.05) is 0 Å². The van der Waals surface area contributed by atoms with Crippen molar-refractivity contribution in [2.75, 3.05) is 0 Å². The second-order valence-corrected chi connectivity index (χ2v) is 7.80. The van der Waals surface area contributed by atoms with Gasteiger partial charge < -0.3 is 0 Å². The Kier molecular flexibility index (Phi) is 3.89. The molecule has 0 aromatic heterocycles. The molecule has 0 spiro atoms. The number of fused-ring (bicyclic) bond motifs is 5. The van der Waals surface area contributed by atoms with Gasteiger partial charge in [-0.25, -0.2) is 0 Å². The van der Waals surface area contributed by atoms with Crippen LogP contribution in [0.5, 0.6) is 0 Å². The lowest BCUT2D eigenvalue weighted by Crippen LogP contribution is -1.85. The van der Waals surface area contributed by atoms with Gasteiger partial charge in [0.1, 0.15) is 0 Å². The molecule has 0 saturated carbocycles. The summed E-state index contributed by atoms with van der Waals surface area (Å²) in [6.45, 7) is 0. The van der Waals surface area contributed by atoms with Gasteiger partial charge in [-0.2, -0.15) is 0 Å². The van der Waals surface area contributed by atoms with E-state index in [-0.39, 0.29) is 0 Å². The highest BCUT2D eigenvalue weighted by atomic mass is 14.1. The van der Waals surface area contributed by atoms with Gasteiger partial charge in [-0.1, -0.05) is 109 Å². The normalized spacial score (nSPS) is 11.9. The van der Waals surface area contributed by atoms with Crippen molar-refractivity contribution < 1.29 is 0 Å². The maximum absolute atomic E-state index is 2.31. The summed E-state index contributed by atoms with van der Waals surface area (Å²) in [5.41, 5.74) is 2.53. The van der Waals surface area contributed by atoms with Gasteiger partial charge in [0.05, 0.1) is 0 Å². The zero-order valence-corrected chi connectivity index (χ0v) is 16.5. The van der Waals surface area contributed by atoms with Crippen LogP contribution in [-0.2, 0) is 0 Å². The molecule has 0 aliphatic carbocycles. The Labute approximate surface area is 175 Å². The molecule has 0 nitrogen and oxygen atoms in total. The van der Waals surface area contributed by atoms with Crippen molar-refractivity contribution >= 4 is 55.2 Å². The second-order valence-electron chi connectivity index (χ2n) is 7.80. The first-order valence-electron chi connectivity index (χ1n) is 10.4. The third-order valence-electron chi connectivity index (χ3n) is 6.04. The third kappa shape index (κ3) is 2.69. The Hall–Kier alpha value is -3.90. The van der Waals surface area contributed by atoms with Crippen LogP contribution in [0.4, 0.5) is 0 Å². The van der Waals surface area contributed by atoms with Gasteiger partial charge >= 0.3 is 0 Å². The zero-order valence-electron chi connectivity index (χ0n) is 16.5. The van der Waals surface area contributed by atoms with Crippen molar-refractivity contribution in [3.05, 3.63) is 120 Å². The van der Waals surface area contributed by atoms with Gasteiger partial charge in [0.2, 0.25) is 0 Å². The first kappa shape index (κ1) is 17.0. The summed E-state index contributed by atoms with van der Waals surface area (Å²) < 4.78 is 0.